The van der Waals surface area contributed by atoms with Crippen LogP contribution in [0.1, 0.15) is 18.1 Å². The van der Waals surface area contributed by atoms with Gasteiger partial charge in [-0.1, -0.05) is 15.9 Å². The quantitative estimate of drug-likeness (QED) is 0.845. The van der Waals surface area contributed by atoms with Crippen LogP contribution in [0, 0.1) is 6.92 Å². The van der Waals surface area contributed by atoms with Crippen LogP contribution in [-0.2, 0) is 21.2 Å². The first-order valence-electron chi connectivity index (χ1n) is 7.48. The lowest BCUT2D eigenvalue weighted by atomic mass is 10.1. The molecule has 2 aromatic carbocycles. The molecule has 0 saturated heterocycles. The number of aryl methyl sites for hydroxylation is 1. The maximum atomic E-state index is 12.5. The van der Waals surface area contributed by atoms with Gasteiger partial charge in [-0.05, 0) is 60.9 Å². The van der Waals surface area contributed by atoms with E-state index in [1.54, 1.807) is 41.3 Å². The van der Waals surface area contributed by atoms with Crippen molar-refractivity contribution in [3.8, 4) is 0 Å². The van der Waals surface area contributed by atoms with Crippen LogP contribution >= 0.6 is 15.9 Å². The Labute approximate surface area is 149 Å². The Morgan fingerprint density at radius 1 is 1.21 bits per heavy atom. The van der Waals surface area contributed by atoms with Gasteiger partial charge in [0.05, 0.1) is 4.90 Å². The molecular formula is C17H17BrN2O3S. The molecule has 0 spiro atoms. The number of sulfonamides is 1. The first-order chi connectivity index (χ1) is 11.3. The molecule has 2 aromatic rings. The molecule has 5 nitrogen and oxygen atoms in total. The van der Waals surface area contributed by atoms with Crippen LogP contribution in [0.2, 0.25) is 0 Å². The molecule has 0 fully saturated rings. The number of nitrogens with zero attached hydrogens (tertiary/aromatic N) is 1. The lowest BCUT2D eigenvalue weighted by Gasteiger charge is -2.15. The Kier molecular flexibility index (Phi) is 4.40. The lowest BCUT2D eigenvalue weighted by Crippen LogP contribution is -2.25. The summed E-state index contributed by atoms with van der Waals surface area (Å²) in [5.74, 6) is -0.00702. The number of benzene rings is 2. The summed E-state index contributed by atoms with van der Waals surface area (Å²) in [6, 6.07) is 10.2. The fraction of sp³-hybridized carbons (Fsp3) is 0.235. The number of nitrogens with one attached hydrogen (secondary N) is 1. The van der Waals surface area contributed by atoms with Crippen LogP contribution in [0.15, 0.2) is 45.8 Å². The number of carbonyl (C=O) groups is 1. The van der Waals surface area contributed by atoms with E-state index < -0.39 is 10.0 Å². The topological polar surface area (TPSA) is 66.5 Å². The van der Waals surface area contributed by atoms with Crippen LogP contribution in [0.3, 0.4) is 0 Å². The molecule has 1 aliphatic heterocycles. The van der Waals surface area contributed by atoms with E-state index in [0.717, 1.165) is 27.7 Å². The van der Waals surface area contributed by atoms with Crippen molar-refractivity contribution >= 4 is 43.2 Å². The van der Waals surface area contributed by atoms with Crippen LogP contribution in [0.25, 0.3) is 0 Å². The van der Waals surface area contributed by atoms with E-state index in [2.05, 4.69) is 20.7 Å². The molecule has 1 amide bonds. The van der Waals surface area contributed by atoms with Crippen molar-refractivity contribution in [1.82, 2.24) is 0 Å². The number of hydrogen-bond acceptors (Lipinski definition) is 3. The van der Waals surface area contributed by atoms with Gasteiger partial charge in [0.1, 0.15) is 0 Å². The van der Waals surface area contributed by atoms with Gasteiger partial charge in [-0.2, -0.15) is 0 Å². The highest BCUT2D eigenvalue weighted by molar-refractivity contribution is 9.10. The molecule has 0 atom stereocenters. The summed E-state index contributed by atoms with van der Waals surface area (Å²) >= 11 is 3.37. The summed E-state index contributed by atoms with van der Waals surface area (Å²) in [5, 5.41) is 0. The van der Waals surface area contributed by atoms with E-state index in [-0.39, 0.29) is 10.8 Å². The number of anilines is 2. The molecule has 7 heteroatoms. The highest BCUT2D eigenvalue weighted by atomic mass is 79.9. The summed E-state index contributed by atoms with van der Waals surface area (Å²) < 4.78 is 28.6. The molecule has 126 valence electrons. The molecule has 24 heavy (non-hydrogen) atoms. The third-order valence-electron chi connectivity index (χ3n) is 4.05. The van der Waals surface area contributed by atoms with Gasteiger partial charge >= 0.3 is 0 Å². The third kappa shape index (κ3) is 3.18. The highest BCUT2D eigenvalue weighted by Crippen LogP contribution is 2.31. The van der Waals surface area contributed by atoms with Crippen molar-refractivity contribution in [3.63, 3.8) is 0 Å². The smallest absolute Gasteiger partial charge is 0.261 e. The second kappa shape index (κ2) is 6.22. The van der Waals surface area contributed by atoms with Gasteiger partial charge in [0.15, 0.2) is 0 Å². The van der Waals surface area contributed by atoms with E-state index >= 15 is 0 Å². The van der Waals surface area contributed by atoms with Crippen LogP contribution in [0.5, 0.6) is 0 Å². The van der Waals surface area contributed by atoms with E-state index in [4.69, 9.17) is 0 Å². The maximum absolute atomic E-state index is 12.5. The first-order valence-corrected chi connectivity index (χ1v) is 9.75. The normalized spacial score (nSPS) is 13.7. The van der Waals surface area contributed by atoms with Gasteiger partial charge in [-0.15, -0.1) is 0 Å². The molecule has 0 radical (unpaired) electrons. The Hall–Kier alpha value is -1.86. The van der Waals surface area contributed by atoms with Crippen molar-refractivity contribution in [3.05, 3.63) is 52.0 Å². The van der Waals surface area contributed by atoms with E-state index in [1.165, 1.54) is 6.92 Å². The SMILES string of the molecule is CC(=O)N1CCc2cc(NS(=O)(=O)c3ccc(Br)c(C)c3)ccc21. The lowest BCUT2D eigenvalue weighted by molar-refractivity contribution is -0.116. The van der Waals surface area contributed by atoms with Gasteiger partial charge in [-0.25, -0.2) is 8.42 Å². The summed E-state index contributed by atoms with van der Waals surface area (Å²) in [5.41, 5.74) is 3.17. The van der Waals surface area contributed by atoms with Crippen molar-refractivity contribution < 1.29 is 13.2 Å². The number of halogens is 1. The minimum atomic E-state index is -3.65. The minimum Gasteiger partial charge on any atom is -0.312 e. The average Bonchev–Trinajstić information content (AvgIpc) is 2.92. The molecule has 1 heterocycles. The van der Waals surface area contributed by atoms with E-state index in [1.807, 2.05) is 6.92 Å². The number of hydrogen-bond donors (Lipinski definition) is 1. The van der Waals surface area contributed by atoms with Crippen molar-refractivity contribution in [2.24, 2.45) is 0 Å². The van der Waals surface area contributed by atoms with E-state index in [9.17, 15) is 13.2 Å². The molecular weight excluding hydrogens is 392 g/mol. The molecule has 0 saturated carbocycles. The number of carbonyl (C=O) groups excluding carboxylic acids is 1. The Morgan fingerprint density at radius 3 is 2.62 bits per heavy atom. The van der Waals surface area contributed by atoms with Crippen LogP contribution in [0.4, 0.5) is 11.4 Å². The van der Waals surface area contributed by atoms with Gasteiger partial charge in [0.25, 0.3) is 10.0 Å². The summed E-state index contributed by atoms with van der Waals surface area (Å²) in [4.78, 5) is 13.5. The summed E-state index contributed by atoms with van der Waals surface area (Å²) in [6.07, 6.45) is 0.724. The first kappa shape index (κ1) is 17.0. The maximum Gasteiger partial charge on any atom is 0.261 e. The standard InChI is InChI=1S/C17H17BrN2O3S/c1-11-9-15(4-5-16(11)18)24(22,23)19-14-3-6-17-13(10-14)7-8-20(17)12(2)21/h3-6,9-10,19H,7-8H2,1-2H3. The fourth-order valence-electron chi connectivity index (χ4n) is 2.79. The van der Waals surface area contributed by atoms with E-state index in [0.29, 0.717) is 12.2 Å². The summed E-state index contributed by atoms with van der Waals surface area (Å²) in [6.45, 7) is 4.00. The Balaban J connectivity index is 1.88. The van der Waals surface area contributed by atoms with Crippen molar-refractivity contribution in [2.45, 2.75) is 25.2 Å². The minimum absolute atomic E-state index is 0.00702. The molecule has 1 N–H and O–H groups in total. The highest BCUT2D eigenvalue weighted by Gasteiger charge is 2.23. The average molecular weight is 409 g/mol. The molecule has 3 rings (SSSR count). The summed E-state index contributed by atoms with van der Waals surface area (Å²) in [7, 11) is -3.65. The fourth-order valence-corrected chi connectivity index (χ4v) is 4.17. The van der Waals surface area contributed by atoms with Gasteiger partial charge < -0.3 is 4.90 Å². The second-order valence-electron chi connectivity index (χ2n) is 5.78. The number of rotatable bonds is 3. The largest absolute Gasteiger partial charge is 0.312 e. The zero-order valence-corrected chi connectivity index (χ0v) is 15.7. The Morgan fingerprint density at radius 2 is 1.96 bits per heavy atom. The number of fused-ring (bicyclic) bond motifs is 1. The van der Waals surface area contributed by atoms with Crippen molar-refractivity contribution in [2.75, 3.05) is 16.2 Å². The van der Waals surface area contributed by atoms with Gasteiger partial charge in [0.2, 0.25) is 5.91 Å². The zero-order valence-electron chi connectivity index (χ0n) is 13.3. The zero-order chi connectivity index (χ0) is 17.5. The third-order valence-corrected chi connectivity index (χ3v) is 6.32. The molecule has 0 unspecified atom stereocenters. The molecule has 0 aromatic heterocycles. The second-order valence-corrected chi connectivity index (χ2v) is 8.32. The Bertz CT molecular complexity index is 925. The predicted octanol–water partition coefficient (Wildman–Crippen LogP) is 3.47. The molecule has 0 aliphatic carbocycles. The monoisotopic (exact) mass is 408 g/mol. The predicted molar refractivity (Wildman–Crippen MR) is 97.9 cm³/mol. The van der Waals surface area contributed by atoms with Crippen LogP contribution in [-0.4, -0.2) is 20.9 Å². The van der Waals surface area contributed by atoms with Gasteiger partial charge in [0, 0.05) is 29.3 Å². The molecule has 0 bridgehead atoms. The van der Waals surface area contributed by atoms with Crippen LogP contribution < -0.4 is 9.62 Å². The number of amides is 1. The molecule has 1 aliphatic rings. The van der Waals surface area contributed by atoms with Gasteiger partial charge in [-0.3, -0.25) is 9.52 Å². The van der Waals surface area contributed by atoms with Crippen molar-refractivity contribution in [1.29, 1.82) is 0 Å².